The fourth-order valence-corrected chi connectivity index (χ4v) is 3.71. The van der Waals surface area contributed by atoms with Gasteiger partial charge in [-0.3, -0.25) is 4.79 Å². The number of thiophene rings is 1. The highest BCUT2D eigenvalue weighted by atomic mass is 32.1. The van der Waals surface area contributed by atoms with Gasteiger partial charge in [0.05, 0.1) is 18.0 Å². The van der Waals surface area contributed by atoms with E-state index in [1.54, 1.807) is 0 Å². The summed E-state index contributed by atoms with van der Waals surface area (Å²) >= 11 is 1.41. The monoisotopic (exact) mass is 303 g/mol. The number of nitrogens with zero attached hydrogens (tertiary/aromatic N) is 1. The molecule has 0 aliphatic heterocycles. The second kappa shape index (κ2) is 6.63. The first-order valence-electron chi connectivity index (χ1n) is 6.81. The van der Waals surface area contributed by atoms with Crippen molar-refractivity contribution in [2.75, 3.05) is 19.7 Å². The number of aliphatic hydroxyl groups excluding tert-OH is 1. The van der Waals surface area contributed by atoms with Crippen LogP contribution in [0.5, 0.6) is 0 Å². The molecule has 20 heavy (non-hydrogen) atoms. The van der Waals surface area contributed by atoms with E-state index in [2.05, 4.69) is 6.92 Å². The van der Waals surface area contributed by atoms with E-state index in [4.69, 9.17) is 5.11 Å². The van der Waals surface area contributed by atoms with Gasteiger partial charge in [-0.1, -0.05) is 6.92 Å². The molecule has 3 nitrogen and oxygen atoms in total. The van der Waals surface area contributed by atoms with Crippen LogP contribution in [0.2, 0.25) is 0 Å². The largest absolute Gasteiger partial charge is 0.395 e. The zero-order valence-corrected chi connectivity index (χ0v) is 12.3. The Balaban J connectivity index is 2.15. The highest BCUT2D eigenvalue weighted by molar-refractivity contribution is 7.14. The molecule has 1 aromatic rings. The van der Waals surface area contributed by atoms with Gasteiger partial charge in [0.2, 0.25) is 0 Å². The molecule has 1 aliphatic carbocycles. The summed E-state index contributed by atoms with van der Waals surface area (Å²) in [6.45, 7) is 1.19. The van der Waals surface area contributed by atoms with Crippen molar-refractivity contribution in [2.45, 2.75) is 32.6 Å². The first-order valence-corrected chi connectivity index (χ1v) is 7.62. The molecule has 0 spiro atoms. The van der Waals surface area contributed by atoms with Crippen molar-refractivity contribution in [2.24, 2.45) is 5.92 Å². The van der Waals surface area contributed by atoms with Crippen LogP contribution in [0.25, 0.3) is 0 Å². The van der Waals surface area contributed by atoms with Crippen LogP contribution < -0.4 is 0 Å². The molecule has 1 heterocycles. The molecular weight excluding hydrogens is 284 g/mol. The molecule has 0 saturated heterocycles. The van der Waals surface area contributed by atoms with Crippen LogP contribution in [-0.2, 0) is 12.8 Å². The Bertz CT molecular complexity index is 476. The van der Waals surface area contributed by atoms with Gasteiger partial charge in [0, 0.05) is 11.4 Å². The van der Waals surface area contributed by atoms with Gasteiger partial charge in [-0.15, -0.1) is 11.3 Å². The third-order valence-electron chi connectivity index (χ3n) is 3.56. The van der Waals surface area contributed by atoms with Crippen molar-refractivity contribution in [3.8, 4) is 0 Å². The first kappa shape index (κ1) is 15.4. The van der Waals surface area contributed by atoms with E-state index in [1.807, 2.05) is 6.07 Å². The predicted molar refractivity (Wildman–Crippen MR) is 74.5 cm³/mol. The third-order valence-corrected chi connectivity index (χ3v) is 4.78. The van der Waals surface area contributed by atoms with E-state index in [9.17, 15) is 13.6 Å². The standard InChI is InChI=1S/C14H19F2NO2S/c1-9-2-3-11-10(6-9)7-12(20-11)14(19)17(4-5-18)8-13(15)16/h7,9,13,18H,2-6,8H2,1H3. The van der Waals surface area contributed by atoms with Crippen molar-refractivity contribution < 1.29 is 18.7 Å². The van der Waals surface area contributed by atoms with E-state index in [0.717, 1.165) is 24.2 Å². The SMILES string of the molecule is CC1CCc2sc(C(=O)N(CCO)CC(F)F)cc2C1. The minimum Gasteiger partial charge on any atom is -0.395 e. The van der Waals surface area contributed by atoms with E-state index in [-0.39, 0.29) is 13.2 Å². The molecule has 1 aliphatic rings. The van der Waals surface area contributed by atoms with E-state index >= 15 is 0 Å². The van der Waals surface area contributed by atoms with Crippen molar-refractivity contribution in [3.05, 3.63) is 21.4 Å². The van der Waals surface area contributed by atoms with Crippen LogP contribution in [0.15, 0.2) is 6.07 Å². The summed E-state index contributed by atoms with van der Waals surface area (Å²) in [5, 5.41) is 8.91. The number of hydrogen-bond donors (Lipinski definition) is 1. The zero-order chi connectivity index (χ0) is 14.7. The number of hydrogen-bond acceptors (Lipinski definition) is 3. The summed E-state index contributed by atoms with van der Waals surface area (Å²) in [4.78, 5) is 15.0. The van der Waals surface area contributed by atoms with Crippen LogP contribution in [0, 0.1) is 5.92 Å². The second-order valence-corrected chi connectivity index (χ2v) is 6.41. The molecule has 1 atom stereocenters. The maximum atomic E-state index is 12.5. The van der Waals surface area contributed by atoms with Crippen molar-refractivity contribution in [1.82, 2.24) is 4.90 Å². The van der Waals surface area contributed by atoms with Crippen molar-refractivity contribution in [3.63, 3.8) is 0 Å². The van der Waals surface area contributed by atoms with Crippen LogP contribution in [-0.4, -0.2) is 42.0 Å². The number of carbonyl (C=O) groups excluding carboxylic acids is 1. The molecule has 1 aromatic heterocycles. The number of rotatable bonds is 5. The Kier molecular flexibility index (Phi) is 5.10. The minimum atomic E-state index is -2.58. The molecule has 112 valence electrons. The lowest BCUT2D eigenvalue weighted by Gasteiger charge is -2.20. The smallest absolute Gasteiger partial charge is 0.264 e. The molecule has 1 amide bonds. The Morgan fingerprint density at radius 3 is 3.00 bits per heavy atom. The van der Waals surface area contributed by atoms with Gasteiger partial charge >= 0.3 is 0 Å². The predicted octanol–water partition coefficient (Wildman–Crippen LogP) is 2.57. The van der Waals surface area contributed by atoms with E-state index in [1.165, 1.54) is 21.8 Å². The molecular formula is C14H19F2NO2S. The summed E-state index contributed by atoms with van der Waals surface area (Å²) in [7, 11) is 0. The maximum absolute atomic E-state index is 12.5. The lowest BCUT2D eigenvalue weighted by molar-refractivity contribution is 0.0513. The molecule has 0 fully saturated rings. The average Bonchev–Trinajstić information content (AvgIpc) is 2.79. The first-order chi connectivity index (χ1) is 9.51. The molecule has 2 rings (SSSR count). The number of aliphatic hydroxyl groups is 1. The molecule has 6 heteroatoms. The van der Waals surface area contributed by atoms with Gasteiger partial charge in [-0.25, -0.2) is 8.78 Å². The molecule has 0 bridgehead atoms. The van der Waals surface area contributed by atoms with Gasteiger partial charge < -0.3 is 10.0 Å². The number of halogens is 2. The molecule has 0 radical (unpaired) electrons. The fourth-order valence-electron chi connectivity index (χ4n) is 2.53. The fraction of sp³-hybridized carbons (Fsp3) is 0.643. The van der Waals surface area contributed by atoms with Gasteiger partial charge in [0.25, 0.3) is 12.3 Å². The van der Waals surface area contributed by atoms with Crippen LogP contribution >= 0.6 is 11.3 Å². The number of alkyl halides is 2. The van der Waals surface area contributed by atoms with Gasteiger partial charge in [0.15, 0.2) is 0 Å². The summed E-state index contributed by atoms with van der Waals surface area (Å²) in [6.07, 6.45) is 0.440. The van der Waals surface area contributed by atoms with Gasteiger partial charge in [0.1, 0.15) is 0 Å². The summed E-state index contributed by atoms with van der Waals surface area (Å²) in [5.41, 5.74) is 1.18. The molecule has 1 unspecified atom stereocenters. The highest BCUT2D eigenvalue weighted by Crippen LogP contribution is 2.32. The number of fused-ring (bicyclic) bond motifs is 1. The average molecular weight is 303 g/mol. The Morgan fingerprint density at radius 1 is 1.60 bits per heavy atom. The van der Waals surface area contributed by atoms with Crippen molar-refractivity contribution in [1.29, 1.82) is 0 Å². The van der Waals surface area contributed by atoms with E-state index < -0.39 is 18.9 Å². The summed E-state index contributed by atoms with van der Waals surface area (Å²) in [6, 6.07) is 1.84. The maximum Gasteiger partial charge on any atom is 0.264 e. The Hall–Kier alpha value is -1.01. The number of carbonyl (C=O) groups is 1. The number of aryl methyl sites for hydroxylation is 1. The van der Waals surface area contributed by atoms with Crippen LogP contribution in [0.4, 0.5) is 8.78 Å². The third kappa shape index (κ3) is 3.55. The summed E-state index contributed by atoms with van der Waals surface area (Å²) < 4.78 is 25.0. The minimum absolute atomic E-state index is 0.0534. The second-order valence-electron chi connectivity index (χ2n) is 5.27. The quantitative estimate of drug-likeness (QED) is 0.908. The molecule has 0 saturated carbocycles. The highest BCUT2D eigenvalue weighted by Gasteiger charge is 2.24. The topological polar surface area (TPSA) is 40.5 Å². The molecule has 0 aromatic carbocycles. The molecule has 1 N–H and O–H groups in total. The van der Waals surface area contributed by atoms with Crippen LogP contribution in [0.1, 0.15) is 33.5 Å². The van der Waals surface area contributed by atoms with E-state index in [0.29, 0.717) is 10.8 Å². The Labute approximate surface area is 121 Å². The van der Waals surface area contributed by atoms with Crippen LogP contribution in [0.3, 0.4) is 0 Å². The van der Waals surface area contributed by atoms with Gasteiger partial charge in [-0.05, 0) is 36.8 Å². The lowest BCUT2D eigenvalue weighted by atomic mass is 9.90. The summed E-state index contributed by atoms with van der Waals surface area (Å²) in [5.74, 6) is 0.209. The number of amides is 1. The van der Waals surface area contributed by atoms with Crippen molar-refractivity contribution >= 4 is 17.2 Å². The van der Waals surface area contributed by atoms with Gasteiger partial charge in [-0.2, -0.15) is 0 Å². The lowest BCUT2D eigenvalue weighted by Crippen LogP contribution is -2.36. The zero-order valence-electron chi connectivity index (χ0n) is 11.4. The Morgan fingerprint density at radius 2 is 2.35 bits per heavy atom. The normalized spacial score (nSPS) is 18.1.